The van der Waals surface area contributed by atoms with Crippen LogP contribution in [-0.2, 0) is 11.2 Å². The number of hydrogen-bond donors (Lipinski definition) is 1. The fraction of sp³-hybridized carbons (Fsp3) is 0.667. The minimum absolute atomic E-state index is 0.0853. The first kappa shape index (κ1) is 15.8. The molecule has 2 saturated heterocycles. The molecule has 0 radical (unpaired) electrons. The summed E-state index contributed by atoms with van der Waals surface area (Å²) in [7, 11) is 0. The van der Waals surface area contributed by atoms with E-state index < -0.39 is 0 Å². The highest BCUT2D eigenvalue weighted by Crippen LogP contribution is 2.19. The number of benzene rings is 1. The molecule has 0 saturated carbocycles. The molecule has 2 aliphatic heterocycles. The predicted octanol–water partition coefficient (Wildman–Crippen LogP) is 2.24. The fourth-order valence-corrected chi connectivity index (χ4v) is 3.15. The first-order chi connectivity index (χ1) is 10.8. The molecule has 0 unspecified atom stereocenters. The van der Waals surface area contributed by atoms with E-state index >= 15 is 0 Å². The van der Waals surface area contributed by atoms with Crippen LogP contribution >= 0.6 is 0 Å². The van der Waals surface area contributed by atoms with E-state index in [-0.39, 0.29) is 6.10 Å². The summed E-state index contributed by atoms with van der Waals surface area (Å²) in [5.41, 5.74) is 1.35. The Balaban J connectivity index is 1.43. The zero-order chi connectivity index (χ0) is 15.2. The third-order valence-electron chi connectivity index (χ3n) is 4.67. The van der Waals surface area contributed by atoms with Gasteiger partial charge in [-0.15, -0.1) is 0 Å². The van der Waals surface area contributed by atoms with Gasteiger partial charge in [-0.2, -0.15) is 0 Å². The number of likely N-dealkylation sites (tertiary alicyclic amines) is 1. The van der Waals surface area contributed by atoms with Gasteiger partial charge in [-0.25, -0.2) is 0 Å². The highest BCUT2D eigenvalue weighted by molar-refractivity contribution is 5.27. The summed E-state index contributed by atoms with van der Waals surface area (Å²) >= 11 is 0. The summed E-state index contributed by atoms with van der Waals surface area (Å²) in [6.45, 7) is 4.74. The smallest absolute Gasteiger partial charge is 0.119 e. The van der Waals surface area contributed by atoms with Gasteiger partial charge in [0.1, 0.15) is 11.9 Å². The molecular formula is C18H27NO3. The van der Waals surface area contributed by atoms with Gasteiger partial charge in [-0.3, -0.25) is 0 Å². The third kappa shape index (κ3) is 4.70. The molecule has 2 heterocycles. The van der Waals surface area contributed by atoms with Gasteiger partial charge >= 0.3 is 0 Å². The quantitative estimate of drug-likeness (QED) is 0.906. The van der Waals surface area contributed by atoms with E-state index in [9.17, 15) is 5.11 Å². The van der Waals surface area contributed by atoms with Crippen LogP contribution in [0.3, 0.4) is 0 Å². The predicted molar refractivity (Wildman–Crippen MR) is 86.3 cm³/mol. The number of rotatable bonds is 5. The van der Waals surface area contributed by atoms with Crippen molar-refractivity contribution < 1.29 is 14.6 Å². The molecule has 1 aromatic carbocycles. The average Bonchev–Trinajstić information content (AvgIpc) is 2.57. The van der Waals surface area contributed by atoms with E-state index in [1.54, 1.807) is 0 Å². The molecule has 0 atom stereocenters. The second-order valence-electron chi connectivity index (χ2n) is 6.40. The maximum absolute atomic E-state index is 9.53. The lowest BCUT2D eigenvalue weighted by molar-refractivity contribution is 0.0255. The molecule has 4 heteroatoms. The summed E-state index contributed by atoms with van der Waals surface area (Å²) in [6.07, 6.45) is 5.09. The van der Waals surface area contributed by atoms with Crippen molar-refractivity contribution >= 4 is 0 Å². The van der Waals surface area contributed by atoms with E-state index in [0.717, 1.165) is 70.7 Å². The third-order valence-corrected chi connectivity index (χ3v) is 4.67. The summed E-state index contributed by atoms with van der Waals surface area (Å²) in [6, 6.07) is 8.52. The van der Waals surface area contributed by atoms with E-state index in [1.165, 1.54) is 5.56 Å². The standard InChI is InChI=1S/C18H27NO3/c20-16-6-11-19(12-7-16)10-5-15-1-3-17(4-2-15)22-18-8-13-21-14-9-18/h1-4,16,18,20H,5-14H2. The van der Waals surface area contributed by atoms with Crippen molar-refractivity contribution in [2.24, 2.45) is 0 Å². The molecule has 0 bridgehead atoms. The molecule has 2 aliphatic rings. The Kier molecular flexibility index (Phi) is 5.70. The Bertz CT molecular complexity index is 434. The molecule has 3 rings (SSSR count). The van der Waals surface area contributed by atoms with Crippen LogP contribution in [0.2, 0.25) is 0 Å². The van der Waals surface area contributed by atoms with Crippen LogP contribution < -0.4 is 4.74 Å². The number of aliphatic hydroxyl groups excluding tert-OH is 1. The molecule has 1 aromatic rings. The highest BCUT2D eigenvalue weighted by Gasteiger charge is 2.17. The van der Waals surface area contributed by atoms with E-state index in [2.05, 4.69) is 29.2 Å². The summed E-state index contributed by atoms with van der Waals surface area (Å²) in [5.74, 6) is 0.969. The van der Waals surface area contributed by atoms with Crippen molar-refractivity contribution in [3.63, 3.8) is 0 Å². The van der Waals surface area contributed by atoms with Gasteiger partial charge in [-0.1, -0.05) is 12.1 Å². The van der Waals surface area contributed by atoms with Crippen molar-refractivity contribution in [3.05, 3.63) is 29.8 Å². The minimum atomic E-state index is -0.0853. The van der Waals surface area contributed by atoms with Crippen LogP contribution in [0.4, 0.5) is 0 Å². The van der Waals surface area contributed by atoms with Crippen molar-refractivity contribution in [1.29, 1.82) is 0 Å². The normalized spacial score (nSPS) is 21.9. The average molecular weight is 305 g/mol. The minimum Gasteiger partial charge on any atom is -0.490 e. The van der Waals surface area contributed by atoms with Crippen molar-refractivity contribution in [2.75, 3.05) is 32.8 Å². The molecule has 0 amide bonds. The maximum Gasteiger partial charge on any atom is 0.119 e. The van der Waals surface area contributed by atoms with Crippen LogP contribution in [0.1, 0.15) is 31.2 Å². The summed E-state index contributed by atoms with van der Waals surface area (Å²) in [5, 5.41) is 9.53. The summed E-state index contributed by atoms with van der Waals surface area (Å²) < 4.78 is 11.4. The molecular weight excluding hydrogens is 278 g/mol. The summed E-state index contributed by atoms with van der Waals surface area (Å²) in [4.78, 5) is 2.44. The van der Waals surface area contributed by atoms with Gasteiger partial charge in [0.25, 0.3) is 0 Å². The molecule has 0 aromatic heterocycles. The van der Waals surface area contributed by atoms with Crippen molar-refractivity contribution in [1.82, 2.24) is 4.90 Å². The van der Waals surface area contributed by atoms with Crippen LogP contribution in [-0.4, -0.2) is 55.1 Å². The van der Waals surface area contributed by atoms with Gasteiger partial charge < -0.3 is 19.5 Å². The van der Waals surface area contributed by atoms with Gasteiger partial charge in [0.05, 0.1) is 19.3 Å². The first-order valence-electron chi connectivity index (χ1n) is 8.53. The number of hydrogen-bond acceptors (Lipinski definition) is 4. The number of piperidine rings is 1. The molecule has 0 spiro atoms. The molecule has 1 N–H and O–H groups in total. The van der Waals surface area contributed by atoms with Crippen LogP contribution in [0, 0.1) is 0 Å². The van der Waals surface area contributed by atoms with E-state index in [4.69, 9.17) is 9.47 Å². The fourth-order valence-electron chi connectivity index (χ4n) is 3.15. The Morgan fingerprint density at radius 1 is 1.05 bits per heavy atom. The van der Waals surface area contributed by atoms with E-state index in [0.29, 0.717) is 6.10 Å². The van der Waals surface area contributed by atoms with Crippen molar-refractivity contribution in [2.45, 2.75) is 44.3 Å². The second kappa shape index (κ2) is 7.95. The number of ether oxygens (including phenoxy) is 2. The van der Waals surface area contributed by atoms with Crippen LogP contribution in [0.25, 0.3) is 0 Å². The molecule has 122 valence electrons. The van der Waals surface area contributed by atoms with Crippen molar-refractivity contribution in [3.8, 4) is 5.75 Å². The lowest BCUT2D eigenvalue weighted by atomic mass is 10.1. The lowest BCUT2D eigenvalue weighted by Crippen LogP contribution is -2.37. The van der Waals surface area contributed by atoms with Gasteiger partial charge in [0.2, 0.25) is 0 Å². The SMILES string of the molecule is OC1CCN(CCc2ccc(OC3CCOCC3)cc2)CC1. The molecule has 4 nitrogen and oxygen atoms in total. The van der Waals surface area contributed by atoms with Gasteiger partial charge in [-0.05, 0) is 37.0 Å². The Labute approximate surface area is 133 Å². The largest absolute Gasteiger partial charge is 0.490 e. The van der Waals surface area contributed by atoms with Crippen LogP contribution in [0.15, 0.2) is 24.3 Å². The van der Waals surface area contributed by atoms with Gasteiger partial charge in [0.15, 0.2) is 0 Å². The van der Waals surface area contributed by atoms with Crippen LogP contribution in [0.5, 0.6) is 5.75 Å². The Morgan fingerprint density at radius 3 is 2.41 bits per heavy atom. The topological polar surface area (TPSA) is 41.9 Å². The lowest BCUT2D eigenvalue weighted by Gasteiger charge is -2.29. The molecule has 0 aliphatic carbocycles. The van der Waals surface area contributed by atoms with Gasteiger partial charge in [0, 0.05) is 32.5 Å². The van der Waals surface area contributed by atoms with E-state index in [1.807, 2.05) is 0 Å². The Hall–Kier alpha value is -1.10. The first-order valence-corrected chi connectivity index (χ1v) is 8.53. The zero-order valence-electron chi connectivity index (χ0n) is 13.2. The highest BCUT2D eigenvalue weighted by atomic mass is 16.5. The molecule has 2 fully saturated rings. The Morgan fingerprint density at radius 2 is 1.73 bits per heavy atom. The second-order valence-corrected chi connectivity index (χ2v) is 6.40. The monoisotopic (exact) mass is 305 g/mol. The zero-order valence-corrected chi connectivity index (χ0v) is 13.2. The number of nitrogens with zero attached hydrogens (tertiary/aromatic N) is 1. The molecule has 22 heavy (non-hydrogen) atoms. The maximum atomic E-state index is 9.53. The number of aliphatic hydroxyl groups is 1.